The fourth-order valence-electron chi connectivity index (χ4n) is 5.72. The van der Waals surface area contributed by atoms with Gasteiger partial charge in [0.1, 0.15) is 11.4 Å². The number of aliphatic carboxylic acids is 1. The van der Waals surface area contributed by atoms with Crippen molar-refractivity contribution in [3.05, 3.63) is 34.9 Å². The Morgan fingerprint density at radius 3 is 2.41 bits per heavy atom. The Bertz CT molecular complexity index is 1170. The van der Waals surface area contributed by atoms with E-state index in [0.29, 0.717) is 30.0 Å². The van der Waals surface area contributed by atoms with E-state index in [0.717, 1.165) is 42.3 Å². The van der Waals surface area contributed by atoms with Crippen molar-refractivity contribution < 1.29 is 19.8 Å². The Morgan fingerprint density at radius 2 is 1.81 bits per heavy atom. The maximum absolute atomic E-state index is 13.4. The van der Waals surface area contributed by atoms with E-state index in [1.54, 1.807) is 13.8 Å². The van der Waals surface area contributed by atoms with E-state index in [1.165, 1.54) is 32.1 Å². The number of hydrogen-bond acceptors (Lipinski definition) is 5. The van der Waals surface area contributed by atoms with Crippen LogP contribution in [0, 0.1) is 18.8 Å². The third kappa shape index (κ3) is 5.31. The molecule has 0 saturated heterocycles. The second-order valence-electron chi connectivity index (χ2n) is 12.4. The van der Waals surface area contributed by atoms with Gasteiger partial charge in [-0.2, -0.15) is 0 Å². The minimum absolute atomic E-state index is 0.0725. The number of aromatic nitrogens is 3. The van der Waals surface area contributed by atoms with Gasteiger partial charge in [0.05, 0.1) is 28.6 Å². The van der Waals surface area contributed by atoms with Crippen LogP contribution in [0.1, 0.15) is 106 Å². The molecule has 3 fully saturated rings. The molecule has 0 aliphatic heterocycles. The van der Waals surface area contributed by atoms with Crippen LogP contribution in [0.2, 0.25) is 0 Å². The molecule has 2 heterocycles. The summed E-state index contributed by atoms with van der Waals surface area (Å²) in [5.74, 6) is -0.0320. The molecule has 3 aliphatic carbocycles. The lowest BCUT2D eigenvalue weighted by Crippen LogP contribution is -2.46. The number of carboxylic acids is 1. The topological polar surface area (TPSA) is 117 Å². The number of rotatable bonds is 8. The predicted molar refractivity (Wildman–Crippen MR) is 140 cm³/mol. The summed E-state index contributed by atoms with van der Waals surface area (Å²) in [6, 6.07) is 3.68. The van der Waals surface area contributed by atoms with Crippen molar-refractivity contribution in [3.63, 3.8) is 0 Å². The van der Waals surface area contributed by atoms with Crippen molar-refractivity contribution in [2.45, 2.75) is 109 Å². The number of amides is 1. The van der Waals surface area contributed by atoms with Crippen LogP contribution in [0.5, 0.6) is 0 Å². The van der Waals surface area contributed by atoms with Crippen molar-refractivity contribution in [1.29, 1.82) is 0 Å². The van der Waals surface area contributed by atoms with E-state index in [9.17, 15) is 19.8 Å². The highest BCUT2D eigenvalue weighted by Gasteiger charge is 2.43. The largest absolute Gasteiger partial charge is 0.481 e. The molecule has 3 aliphatic rings. The summed E-state index contributed by atoms with van der Waals surface area (Å²) in [7, 11) is 0. The summed E-state index contributed by atoms with van der Waals surface area (Å²) in [5.41, 5.74) is 2.52. The summed E-state index contributed by atoms with van der Waals surface area (Å²) in [4.78, 5) is 34.3. The molecule has 8 nitrogen and oxygen atoms in total. The first-order chi connectivity index (χ1) is 17.4. The quantitative estimate of drug-likeness (QED) is 0.476. The van der Waals surface area contributed by atoms with Crippen LogP contribution in [0.15, 0.2) is 12.1 Å². The molecular formula is C29H40N4O4. The van der Waals surface area contributed by atoms with Gasteiger partial charge in [-0.15, -0.1) is 0 Å². The molecule has 200 valence electrons. The molecule has 37 heavy (non-hydrogen) atoms. The first-order valence-corrected chi connectivity index (χ1v) is 13.8. The summed E-state index contributed by atoms with van der Waals surface area (Å²) in [6.07, 6.45) is 9.10. The number of nitrogens with one attached hydrogen (secondary N) is 1. The van der Waals surface area contributed by atoms with Crippen molar-refractivity contribution >= 4 is 11.9 Å². The number of carbonyl (C=O) groups excluding carboxylic acids is 1. The zero-order valence-electron chi connectivity index (χ0n) is 22.5. The minimum Gasteiger partial charge on any atom is -0.481 e. The van der Waals surface area contributed by atoms with Crippen molar-refractivity contribution in [2.24, 2.45) is 11.8 Å². The fourth-order valence-corrected chi connectivity index (χ4v) is 5.72. The lowest BCUT2D eigenvalue weighted by atomic mass is 9.80. The highest BCUT2D eigenvalue weighted by molar-refractivity contribution is 5.97. The van der Waals surface area contributed by atoms with Gasteiger partial charge < -0.3 is 20.1 Å². The first-order valence-electron chi connectivity index (χ1n) is 13.8. The predicted octanol–water partition coefficient (Wildman–Crippen LogP) is 4.71. The molecule has 0 radical (unpaired) electrons. The smallest absolute Gasteiger partial charge is 0.306 e. The summed E-state index contributed by atoms with van der Waals surface area (Å²) >= 11 is 0. The number of hydrogen-bond donors (Lipinski definition) is 3. The lowest BCUT2D eigenvalue weighted by molar-refractivity contribution is -0.145. The molecule has 5 rings (SSSR count). The number of nitrogens with zero attached hydrogens (tertiary/aromatic N) is 3. The van der Waals surface area contributed by atoms with Crippen LogP contribution in [0.3, 0.4) is 0 Å². The molecule has 0 bridgehead atoms. The van der Waals surface area contributed by atoms with Crippen LogP contribution in [0.25, 0.3) is 11.4 Å². The molecule has 2 aromatic heterocycles. The van der Waals surface area contributed by atoms with Crippen LogP contribution < -0.4 is 5.32 Å². The second-order valence-corrected chi connectivity index (χ2v) is 12.4. The molecule has 0 aromatic carbocycles. The van der Waals surface area contributed by atoms with Gasteiger partial charge in [-0.25, -0.2) is 9.97 Å². The maximum Gasteiger partial charge on any atom is 0.306 e. The van der Waals surface area contributed by atoms with Crippen LogP contribution in [-0.4, -0.2) is 42.7 Å². The molecule has 1 amide bonds. The van der Waals surface area contributed by atoms with E-state index in [4.69, 9.17) is 9.97 Å². The van der Waals surface area contributed by atoms with Crippen molar-refractivity contribution in [1.82, 2.24) is 19.9 Å². The van der Waals surface area contributed by atoms with Gasteiger partial charge in [0.25, 0.3) is 5.91 Å². The fraction of sp³-hybridized carbons (Fsp3) is 0.655. The monoisotopic (exact) mass is 508 g/mol. The van der Waals surface area contributed by atoms with Crippen LogP contribution >= 0.6 is 0 Å². The average Bonchev–Trinajstić information content (AvgIpc) is 3.50. The second kappa shape index (κ2) is 9.53. The van der Waals surface area contributed by atoms with Gasteiger partial charge in [-0.05, 0) is 77.3 Å². The standard InChI is InChI=1S/C29H40N4O4/c1-17-21(25(34)30-20-12-19(13-20)26(35)36)14-23(33(17)16-18-8-6-5-7-9-18)22-15-24(28(2,3)37)32-27(31-22)29(4)10-11-29/h14-15,18-20,37H,5-13,16H2,1-4H3,(H,30,34)(H,35,36). The molecule has 0 unspecified atom stereocenters. The first kappa shape index (κ1) is 25.9. The Kier molecular flexibility index (Phi) is 6.67. The Hall–Kier alpha value is -2.74. The molecule has 8 heteroatoms. The third-order valence-electron chi connectivity index (χ3n) is 8.75. The number of carbonyl (C=O) groups is 2. The van der Waals surface area contributed by atoms with Crippen molar-refractivity contribution in [3.8, 4) is 11.4 Å². The average molecular weight is 509 g/mol. The van der Waals surface area contributed by atoms with Crippen LogP contribution in [-0.2, 0) is 22.4 Å². The van der Waals surface area contributed by atoms with Gasteiger partial charge >= 0.3 is 5.97 Å². The normalized spacial score (nSPS) is 23.4. The summed E-state index contributed by atoms with van der Waals surface area (Å²) < 4.78 is 2.24. The third-order valence-corrected chi connectivity index (χ3v) is 8.75. The van der Waals surface area contributed by atoms with Gasteiger partial charge in [-0.1, -0.05) is 26.2 Å². The molecule has 3 saturated carbocycles. The number of carboxylic acid groups (broad SMARTS) is 1. The minimum atomic E-state index is -1.11. The van der Waals surface area contributed by atoms with E-state index >= 15 is 0 Å². The highest BCUT2D eigenvalue weighted by atomic mass is 16.4. The van der Waals surface area contributed by atoms with E-state index < -0.39 is 11.6 Å². The lowest BCUT2D eigenvalue weighted by Gasteiger charge is -2.32. The summed E-state index contributed by atoms with van der Waals surface area (Å²) in [5, 5.41) is 23.1. The Morgan fingerprint density at radius 1 is 1.14 bits per heavy atom. The zero-order valence-corrected chi connectivity index (χ0v) is 22.5. The molecule has 3 N–H and O–H groups in total. The maximum atomic E-state index is 13.4. The van der Waals surface area contributed by atoms with Gasteiger partial charge in [0.15, 0.2) is 0 Å². The highest BCUT2D eigenvalue weighted by Crippen LogP contribution is 2.47. The SMILES string of the molecule is Cc1c(C(=O)NC2CC(C(=O)O)C2)cc(-c2cc(C(C)(C)O)nc(C3(C)CC3)n2)n1CC1CCCCC1. The van der Waals surface area contributed by atoms with E-state index in [2.05, 4.69) is 16.8 Å². The van der Waals surface area contributed by atoms with Crippen molar-refractivity contribution in [2.75, 3.05) is 0 Å². The molecular weight excluding hydrogens is 468 g/mol. The van der Waals surface area contributed by atoms with Gasteiger partial charge in [0.2, 0.25) is 0 Å². The Balaban J connectivity index is 1.52. The zero-order chi connectivity index (χ0) is 26.5. The van der Waals surface area contributed by atoms with Crippen LogP contribution in [0.4, 0.5) is 0 Å². The van der Waals surface area contributed by atoms with E-state index in [1.807, 2.05) is 19.1 Å². The number of aliphatic hydroxyl groups is 1. The van der Waals surface area contributed by atoms with Gasteiger partial charge in [-0.3, -0.25) is 9.59 Å². The summed E-state index contributed by atoms with van der Waals surface area (Å²) in [6.45, 7) is 8.46. The van der Waals surface area contributed by atoms with E-state index in [-0.39, 0.29) is 23.3 Å². The van der Waals surface area contributed by atoms with Gasteiger partial charge in [0, 0.05) is 23.7 Å². The Labute approximate surface area is 218 Å². The molecule has 0 spiro atoms. The molecule has 0 atom stereocenters. The molecule has 2 aromatic rings.